The molecule has 0 aliphatic carbocycles. The Kier molecular flexibility index (Phi) is 4.53. The van der Waals surface area contributed by atoms with E-state index >= 15 is 0 Å². The minimum absolute atomic E-state index is 0.0249. The van der Waals surface area contributed by atoms with Gasteiger partial charge in [0.05, 0.1) is 17.2 Å². The zero-order chi connectivity index (χ0) is 17.8. The van der Waals surface area contributed by atoms with E-state index in [4.69, 9.17) is 10.00 Å². The molecule has 122 valence electrons. The van der Waals surface area contributed by atoms with Gasteiger partial charge in [-0.2, -0.15) is 5.26 Å². The van der Waals surface area contributed by atoms with Crippen LogP contribution in [0.2, 0.25) is 0 Å². The maximum Gasteiger partial charge on any atom is 0.346 e. The number of benzene rings is 3. The average Bonchev–Trinajstić information content (AvgIpc) is 2.62. The van der Waals surface area contributed by atoms with Crippen molar-refractivity contribution in [3.8, 4) is 22.9 Å². The van der Waals surface area contributed by atoms with Crippen LogP contribution in [0.4, 0.5) is 8.78 Å². The number of carbonyl (C=O) groups is 1. The van der Waals surface area contributed by atoms with Crippen LogP contribution >= 0.6 is 0 Å². The molecule has 0 unspecified atom stereocenters. The summed E-state index contributed by atoms with van der Waals surface area (Å²) < 4.78 is 32.9. The molecule has 0 radical (unpaired) electrons. The first-order valence-corrected chi connectivity index (χ1v) is 7.35. The van der Waals surface area contributed by atoms with Crippen LogP contribution in [0.25, 0.3) is 11.1 Å². The van der Waals surface area contributed by atoms with Gasteiger partial charge in [-0.3, -0.25) is 0 Å². The molecule has 0 N–H and O–H groups in total. The van der Waals surface area contributed by atoms with E-state index in [0.717, 1.165) is 12.1 Å². The van der Waals surface area contributed by atoms with E-state index in [1.165, 1.54) is 30.3 Å². The molecule has 3 aromatic carbocycles. The Labute approximate surface area is 142 Å². The summed E-state index contributed by atoms with van der Waals surface area (Å²) in [4.78, 5) is 12.0. The van der Waals surface area contributed by atoms with Crippen LogP contribution in [0.1, 0.15) is 15.9 Å². The molecule has 3 aromatic rings. The second kappa shape index (κ2) is 6.93. The van der Waals surface area contributed by atoms with Crippen molar-refractivity contribution in [1.29, 1.82) is 5.26 Å². The number of halogens is 2. The van der Waals surface area contributed by atoms with Gasteiger partial charge in [0.1, 0.15) is 17.4 Å². The summed E-state index contributed by atoms with van der Waals surface area (Å²) in [5.74, 6) is -2.22. The predicted octanol–water partition coefficient (Wildman–Crippen LogP) is 4.72. The number of hydrogen-bond donors (Lipinski definition) is 0. The summed E-state index contributed by atoms with van der Waals surface area (Å²) in [5.41, 5.74) is 1.14. The summed E-state index contributed by atoms with van der Waals surface area (Å²) in [7, 11) is 0. The number of rotatable bonds is 3. The molecule has 5 heteroatoms. The lowest BCUT2D eigenvalue weighted by Gasteiger charge is -2.08. The molecule has 3 nitrogen and oxygen atoms in total. The lowest BCUT2D eigenvalue weighted by molar-refractivity contribution is 0.0729. The van der Waals surface area contributed by atoms with Gasteiger partial charge in [0.25, 0.3) is 0 Å². The molecule has 0 spiro atoms. The fourth-order valence-corrected chi connectivity index (χ4v) is 2.31. The van der Waals surface area contributed by atoms with Crippen molar-refractivity contribution in [2.45, 2.75) is 0 Å². The highest BCUT2D eigenvalue weighted by Crippen LogP contribution is 2.27. The molecule has 0 aromatic heterocycles. The van der Waals surface area contributed by atoms with E-state index in [2.05, 4.69) is 0 Å². The van der Waals surface area contributed by atoms with E-state index in [9.17, 15) is 13.6 Å². The van der Waals surface area contributed by atoms with Crippen LogP contribution in [-0.4, -0.2) is 5.97 Å². The van der Waals surface area contributed by atoms with Crippen molar-refractivity contribution >= 4 is 5.97 Å². The number of nitrogens with zero attached hydrogens (tertiary/aromatic N) is 1. The summed E-state index contributed by atoms with van der Waals surface area (Å²) in [6.07, 6.45) is 0. The molecule has 3 rings (SSSR count). The number of nitriles is 1. The zero-order valence-corrected chi connectivity index (χ0v) is 12.9. The van der Waals surface area contributed by atoms with E-state index in [-0.39, 0.29) is 11.3 Å². The molecule has 0 heterocycles. The maximum absolute atomic E-state index is 14.3. The van der Waals surface area contributed by atoms with Crippen LogP contribution < -0.4 is 4.74 Å². The van der Waals surface area contributed by atoms with Gasteiger partial charge in [-0.05, 0) is 42.0 Å². The Morgan fingerprint density at radius 1 is 0.920 bits per heavy atom. The molecule has 0 saturated heterocycles. The molecule has 25 heavy (non-hydrogen) atoms. The van der Waals surface area contributed by atoms with Crippen molar-refractivity contribution in [1.82, 2.24) is 0 Å². The SMILES string of the molecule is N#Cc1ccc(-c2ccc(OC(=O)c3ccccc3F)cc2F)cc1. The Hall–Kier alpha value is -3.52. The summed E-state index contributed by atoms with van der Waals surface area (Å²) >= 11 is 0. The first-order valence-electron chi connectivity index (χ1n) is 7.35. The minimum Gasteiger partial charge on any atom is -0.423 e. The van der Waals surface area contributed by atoms with Gasteiger partial charge in [-0.25, -0.2) is 13.6 Å². The van der Waals surface area contributed by atoms with Crippen LogP contribution in [0.5, 0.6) is 5.75 Å². The molecule has 0 fully saturated rings. The average molecular weight is 335 g/mol. The van der Waals surface area contributed by atoms with Crippen LogP contribution in [0.15, 0.2) is 66.7 Å². The van der Waals surface area contributed by atoms with Crippen LogP contribution in [0.3, 0.4) is 0 Å². The Morgan fingerprint density at radius 2 is 1.64 bits per heavy atom. The van der Waals surface area contributed by atoms with Gasteiger partial charge < -0.3 is 4.74 Å². The molecule has 0 amide bonds. The van der Waals surface area contributed by atoms with E-state index in [1.807, 2.05) is 6.07 Å². The summed E-state index contributed by atoms with van der Waals surface area (Å²) in [5, 5.41) is 8.79. The lowest BCUT2D eigenvalue weighted by atomic mass is 10.0. The van der Waals surface area contributed by atoms with Crippen molar-refractivity contribution in [3.63, 3.8) is 0 Å². The number of carbonyl (C=O) groups excluding carboxylic acids is 1. The van der Waals surface area contributed by atoms with Gasteiger partial charge in [0.15, 0.2) is 0 Å². The van der Waals surface area contributed by atoms with Crippen molar-refractivity contribution in [2.75, 3.05) is 0 Å². The van der Waals surface area contributed by atoms with Gasteiger partial charge in [0.2, 0.25) is 0 Å². The molecule has 0 aliphatic heterocycles. The van der Waals surface area contributed by atoms with Crippen molar-refractivity contribution in [2.24, 2.45) is 0 Å². The molecule has 0 bridgehead atoms. The fraction of sp³-hybridized carbons (Fsp3) is 0. The van der Waals surface area contributed by atoms with E-state index < -0.39 is 17.6 Å². The number of ether oxygens (including phenoxy) is 1. The quantitative estimate of drug-likeness (QED) is 0.514. The highest BCUT2D eigenvalue weighted by atomic mass is 19.1. The van der Waals surface area contributed by atoms with Gasteiger partial charge in [-0.1, -0.05) is 24.3 Å². The molecular formula is C20H11F2NO2. The molecular weight excluding hydrogens is 324 g/mol. The minimum atomic E-state index is -0.899. The van der Waals surface area contributed by atoms with Crippen molar-refractivity contribution in [3.05, 3.63) is 89.5 Å². The first-order chi connectivity index (χ1) is 12.1. The smallest absolute Gasteiger partial charge is 0.346 e. The maximum atomic E-state index is 14.3. The third-order valence-electron chi connectivity index (χ3n) is 3.57. The van der Waals surface area contributed by atoms with Crippen LogP contribution in [-0.2, 0) is 0 Å². The Balaban J connectivity index is 1.83. The van der Waals surface area contributed by atoms with Gasteiger partial charge in [0, 0.05) is 11.6 Å². The largest absolute Gasteiger partial charge is 0.423 e. The van der Waals surface area contributed by atoms with E-state index in [0.29, 0.717) is 16.7 Å². The highest BCUT2D eigenvalue weighted by Gasteiger charge is 2.15. The molecule has 0 atom stereocenters. The Morgan fingerprint density at radius 3 is 2.28 bits per heavy atom. The third kappa shape index (κ3) is 3.54. The standard InChI is InChI=1S/C20H11F2NO2/c21-18-4-2-1-3-17(18)20(24)25-15-9-10-16(19(22)11-15)14-7-5-13(12-23)6-8-14/h1-11H. The summed E-state index contributed by atoms with van der Waals surface area (Å²) in [6, 6.07) is 17.8. The second-order valence-corrected chi connectivity index (χ2v) is 5.20. The normalized spacial score (nSPS) is 10.1. The lowest BCUT2D eigenvalue weighted by Crippen LogP contribution is -2.10. The highest BCUT2D eigenvalue weighted by molar-refractivity contribution is 5.91. The topological polar surface area (TPSA) is 50.1 Å². The molecule has 0 saturated carbocycles. The van der Waals surface area contributed by atoms with Crippen LogP contribution in [0, 0.1) is 23.0 Å². The number of hydrogen-bond acceptors (Lipinski definition) is 3. The zero-order valence-electron chi connectivity index (χ0n) is 12.9. The second-order valence-electron chi connectivity index (χ2n) is 5.20. The van der Waals surface area contributed by atoms with Crippen molar-refractivity contribution < 1.29 is 18.3 Å². The molecule has 0 aliphatic rings. The monoisotopic (exact) mass is 335 g/mol. The fourth-order valence-electron chi connectivity index (χ4n) is 2.31. The first kappa shape index (κ1) is 16.3. The number of esters is 1. The Bertz CT molecular complexity index is 976. The van der Waals surface area contributed by atoms with Gasteiger partial charge >= 0.3 is 5.97 Å². The van der Waals surface area contributed by atoms with E-state index in [1.54, 1.807) is 24.3 Å². The van der Waals surface area contributed by atoms with Gasteiger partial charge in [-0.15, -0.1) is 0 Å². The predicted molar refractivity (Wildman–Crippen MR) is 87.9 cm³/mol. The summed E-state index contributed by atoms with van der Waals surface area (Å²) in [6.45, 7) is 0. The third-order valence-corrected chi connectivity index (χ3v) is 3.57.